The Kier molecular flexibility index (Phi) is 3.88. The van der Waals surface area contributed by atoms with Crippen LogP contribution in [0.5, 0.6) is 0 Å². The molecule has 0 aromatic carbocycles. The van der Waals surface area contributed by atoms with E-state index in [0.717, 1.165) is 18.5 Å². The van der Waals surface area contributed by atoms with Crippen molar-refractivity contribution >= 4 is 0 Å². The van der Waals surface area contributed by atoms with E-state index in [4.69, 9.17) is 4.74 Å². The number of nitrogens with one attached hydrogen (secondary N) is 1. The smallest absolute Gasteiger partial charge is 0.251 e. The maximum atomic E-state index is 11.5. The third kappa shape index (κ3) is 2.84. The molecule has 0 radical (unpaired) electrons. The molecule has 96 valence electrons. The molecule has 0 atom stereocenters. The number of H-pyrrole nitrogens is 1. The first-order valence-electron chi connectivity index (χ1n) is 5.85. The molecule has 0 aliphatic carbocycles. The summed E-state index contributed by atoms with van der Waals surface area (Å²) in [7, 11) is 1.57. The predicted molar refractivity (Wildman–Crippen MR) is 67.1 cm³/mol. The number of aryl methyl sites for hydroxylation is 1. The molecule has 2 heterocycles. The quantitative estimate of drug-likeness (QED) is 0.862. The fraction of sp³-hybridized carbons (Fsp3) is 0.417. The molecule has 2 aromatic rings. The van der Waals surface area contributed by atoms with Crippen LogP contribution in [0.3, 0.4) is 0 Å². The average Bonchev–Trinajstić information content (AvgIpc) is 2.78. The largest absolute Gasteiger partial charge is 0.378 e. The first-order valence-corrected chi connectivity index (χ1v) is 5.85. The SMILES string of the molecule is CCCn1cc(-c2nc(COC)cc(=O)[nH]2)cn1. The fourth-order valence-electron chi connectivity index (χ4n) is 1.70. The van der Waals surface area contributed by atoms with Gasteiger partial charge in [-0.3, -0.25) is 9.48 Å². The summed E-state index contributed by atoms with van der Waals surface area (Å²) >= 11 is 0. The van der Waals surface area contributed by atoms with E-state index in [0.29, 0.717) is 18.1 Å². The van der Waals surface area contributed by atoms with E-state index in [-0.39, 0.29) is 5.56 Å². The summed E-state index contributed by atoms with van der Waals surface area (Å²) in [5.41, 5.74) is 1.23. The third-order valence-corrected chi connectivity index (χ3v) is 2.45. The Morgan fingerprint density at radius 3 is 3.06 bits per heavy atom. The van der Waals surface area contributed by atoms with Crippen LogP contribution in [0.4, 0.5) is 0 Å². The Hall–Kier alpha value is -1.95. The summed E-state index contributed by atoms with van der Waals surface area (Å²) in [6.45, 7) is 3.25. The van der Waals surface area contributed by atoms with Crippen LogP contribution < -0.4 is 5.56 Å². The summed E-state index contributed by atoms with van der Waals surface area (Å²) in [4.78, 5) is 18.5. The highest BCUT2D eigenvalue weighted by atomic mass is 16.5. The van der Waals surface area contributed by atoms with Gasteiger partial charge in [0.2, 0.25) is 0 Å². The van der Waals surface area contributed by atoms with Gasteiger partial charge in [0.1, 0.15) is 5.82 Å². The highest BCUT2D eigenvalue weighted by Gasteiger charge is 2.06. The summed E-state index contributed by atoms with van der Waals surface area (Å²) in [5, 5.41) is 4.21. The summed E-state index contributed by atoms with van der Waals surface area (Å²) in [5.74, 6) is 0.525. The molecule has 0 amide bonds. The molecule has 2 rings (SSSR count). The maximum absolute atomic E-state index is 11.5. The second-order valence-electron chi connectivity index (χ2n) is 4.01. The molecule has 6 heteroatoms. The van der Waals surface area contributed by atoms with Crippen LogP contribution in [0.2, 0.25) is 0 Å². The van der Waals surface area contributed by atoms with Gasteiger partial charge < -0.3 is 9.72 Å². The van der Waals surface area contributed by atoms with Crippen molar-refractivity contribution in [1.82, 2.24) is 19.7 Å². The first-order chi connectivity index (χ1) is 8.72. The monoisotopic (exact) mass is 248 g/mol. The zero-order chi connectivity index (χ0) is 13.0. The maximum Gasteiger partial charge on any atom is 0.251 e. The van der Waals surface area contributed by atoms with Crippen LogP contribution in [-0.4, -0.2) is 26.9 Å². The molecule has 0 saturated heterocycles. The van der Waals surface area contributed by atoms with Gasteiger partial charge in [0.25, 0.3) is 5.56 Å². The van der Waals surface area contributed by atoms with Crippen molar-refractivity contribution in [3.8, 4) is 11.4 Å². The highest BCUT2D eigenvalue weighted by Crippen LogP contribution is 2.12. The van der Waals surface area contributed by atoms with Gasteiger partial charge in [-0.1, -0.05) is 6.92 Å². The van der Waals surface area contributed by atoms with Crippen molar-refractivity contribution in [2.75, 3.05) is 7.11 Å². The second kappa shape index (κ2) is 5.59. The topological polar surface area (TPSA) is 72.8 Å². The van der Waals surface area contributed by atoms with Crippen molar-refractivity contribution in [1.29, 1.82) is 0 Å². The van der Waals surface area contributed by atoms with Crippen LogP contribution in [0, 0.1) is 0 Å². The number of methoxy groups -OCH3 is 1. The zero-order valence-electron chi connectivity index (χ0n) is 10.5. The van der Waals surface area contributed by atoms with E-state index < -0.39 is 0 Å². The molecule has 0 spiro atoms. The average molecular weight is 248 g/mol. The van der Waals surface area contributed by atoms with Crippen molar-refractivity contribution in [3.05, 3.63) is 34.5 Å². The van der Waals surface area contributed by atoms with Gasteiger partial charge in [0.05, 0.1) is 24.1 Å². The van der Waals surface area contributed by atoms with Gasteiger partial charge in [0, 0.05) is 25.9 Å². The first kappa shape index (κ1) is 12.5. The van der Waals surface area contributed by atoms with Crippen molar-refractivity contribution < 1.29 is 4.74 Å². The van der Waals surface area contributed by atoms with Gasteiger partial charge in [-0.2, -0.15) is 5.10 Å². The standard InChI is InChI=1S/C12H16N4O2/c1-3-4-16-7-9(6-13-16)12-14-10(8-18-2)5-11(17)15-12/h5-7H,3-4,8H2,1-2H3,(H,14,15,17). The lowest BCUT2D eigenvalue weighted by atomic mass is 10.3. The second-order valence-corrected chi connectivity index (χ2v) is 4.01. The van der Waals surface area contributed by atoms with Gasteiger partial charge in [-0.15, -0.1) is 0 Å². The van der Waals surface area contributed by atoms with Crippen LogP contribution in [0.25, 0.3) is 11.4 Å². The molecule has 0 aliphatic rings. The van der Waals surface area contributed by atoms with Gasteiger partial charge in [-0.25, -0.2) is 4.98 Å². The third-order valence-electron chi connectivity index (χ3n) is 2.45. The van der Waals surface area contributed by atoms with E-state index >= 15 is 0 Å². The van der Waals surface area contributed by atoms with E-state index in [1.54, 1.807) is 13.3 Å². The minimum Gasteiger partial charge on any atom is -0.378 e. The van der Waals surface area contributed by atoms with Crippen molar-refractivity contribution in [2.24, 2.45) is 0 Å². The van der Waals surface area contributed by atoms with E-state index in [1.165, 1.54) is 6.07 Å². The van der Waals surface area contributed by atoms with Gasteiger partial charge >= 0.3 is 0 Å². The molecule has 18 heavy (non-hydrogen) atoms. The lowest BCUT2D eigenvalue weighted by molar-refractivity contribution is 0.181. The van der Waals surface area contributed by atoms with Crippen LogP contribution in [-0.2, 0) is 17.9 Å². The molecule has 0 fully saturated rings. The van der Waals surface area contributed by atoms with Crippen LogP contribution >= 0.6 is 0 Å². The highest BCUT2D eigenvalue weighted by molar-refractivity contribution is 5.51. The summed E-state index contributed by atoms with van der Waals surface area (Å²) < 4.78 is 6.81. The number of aromatic amines is 1. The Labute approximate surface area is 105 Å². The van der Waals surface area contributed by atoms with Crippen LogP contribution in [0.15, 0.2) is 23.3 Å². The minimum absolute atomic E-state index is 0.185. The van der Waals surface area contributed by atoms with Crippen molar-refractivity contribution in [3.63, 3.8) is 0 Å². The molecular formula is C12H16N4O2. The normalized spacial score (nSPS) is 10.8. The predicted octanol–water partition coefficient (Wildman–Crippen LogP) is 1.19. The van der Waals surface area contributed by atoms with Crippen LogP contribution in [0.1, 0.15) is 19.0 Å². The number of aromatic nitrogens is 4. The van der Waals surface area contributed by atoms with Crippen molar-refractivity contribution in [2.45, 2.75) is 26.5 Å². The lowest BCUT2D eigenvalue weighted by Crippen LogP contribution is -2.10. The van der Waals surface area contributed by atoms with E-state index in [9.17, 15) is 4.79 Å². The molecular weight excluding hydrogens is 232 g/mol. The number of hydrogen-bond acceptors (Lipinski definition) is 4. The van der Waals surface area contributed by atoms with E-state index in [1.807, 2.05) is 10.9 Å². The molecule has 0 saturated carbocycles. The molecule has 0 unspecified atom stereocenters. The Balaban J connectivity index is 2.33. The summed E-state index contributed by atoms with van der Waals surface area (Å²) in [6, 6.07) is 1.43. The zero-order valence-corrected chi connectivity index (χ0v) is 10.5. The number of hydrogen-bond donors (Lipinski definition) is 1. The number of nitrogens with zero attached hydrogens (tertiary/aromatic N) is 3. The Morgan fingerprint density at radius 1 is 1.50 bits per heavy atom. The number of rotatable bonds is 5. The number of ether oxygens (including phenoxy) is 1. The van der Waals surface area contributed by atoms with E-state index in [2.05, 4.69) is 22.0 Å². The molecule has 0 bridgehead atoms. The molecule has 1 N–H and O–H groups in total. The molecule has 2 aromatic heterocycles. The lowest BCUT2D eigenvalue weighted by Gasteiger charge is -2.01. The van der Waals surface area contributed by atoms with Gasteiger partial charge in [-0.05, 0) is 6.42 Å². The Bertz CT molecular complexity index is 573. The molecule has 6 nitrogen and oxygen atoms in total. The van der Waals surface area contributed by atoms with Gasteiger partial charge in [0.15, 0.2) is 0 Å². The summed E-state index contributed by atoms with van der Waals surface area (Å²) in [6.07, 6.45) is 4.58. The fourth-order valence-corrected chi connectivity index (χ4v) is 1.70. The minimum atomic E-state index is -0.185. The molecule has 0 aliphatic heterocycles. The Morgan fingerprint density at radius 2 is 2.33 bits per heavy atom.